The minimum atomic E-state index is -0.0149. The van der Waals surface area contributed by atoms with Gasteiger partial charge in [0.05, 0.1) is 0 Å². The summed E-state index contributed by atoms with van der Waals surface area (Å²) in [5, 5.41) is 12.8. The minimum Gasteiger partial charge on any atom is -0.378 e. The van der Waals surface area contributed by atoms with Crippen LogP contribution in [0.1, 0.15) is 49.6 Å². The number of anilines is 2. The van der Waals surface area contributed by atoms with Gasteiger partial charge < -0.3 is 10.2 Å². The second-order valence-corrected chi connectivity index (χ2v) is 7.08. The highest BCUT2D eigenvalue weighted by Gasteiger charge is 2.14. The molecule has 1 aromatic carbocycles. The Morgan fingerprint density at radius 1 is 1.17 bits per heavy atom. The molecule has 24 heavy (non-hydrogen) atoms. The number of aryl methyl sites for hydroxylation is 1. The van der Waals surface area contributed by atoms with E-state index >= 15 is 0 Å². The highest BCUT2D eigenvalue weighted by atomic mass is 32.1. The predicted octanol–water partition coefficient (Wildman–Crippen LogP) is 4.08. The topological polar surface area (TPSA) is 58.1 Å². The summed E-state index contributed by atoms with van der Waals surface area (Å²) in [6.45, 7) is 4.30. The number of aromatic nitrogens is 2. The zero-order valence-corrected chi connectivity index (χ0v) is 15.7. The number of hydrogen-bond donors (Lipinski definition) is 1. The molecular weight excluding hydrogens is 320 g/mol. The van der Waals surface area contributed by atoms with Crippen molar-refractivity contribution < 1.29 is 4.79 Å². The molecule has 1 N–H and O–H groups in total. The van der Waals surface area contributed by atoms with Gasteiger partial charge >= 0.3 is 0 Å². The SMILES string of the molecule is CCC(CC)c1nnc(NC(=O)CCc2ccc(N(C)C)cc2)s1. The quantitative estimate of drug-likeness (QED) is 0.782. The summed E-state index contributed by atoms with van der Waals surface area (Å²) >= 11 is 1.49. The zero-order chi connectivity index (χ0) is 17.5. The molecular formula is C18H26N4OS. The van der Waals surface area contributed by atoms with Crippen LogP contribution >= 0.6 is 11.3 Å². The number of benzene rings is 1. The average molecular weight is 347 g/mol. The largest absolute Gasteiger partial charge is 0.378 e. The number of rotatable bonds is 8. The van der Waals surface area contributed by atoms with E-state index in [4.69, 9.17) is 0 Å². The molecule has 0 spiro atoms. The molecule has 0 fully saturated rings. The second kappa shape index (κ2) is 8.78. The van der Waals surface area contributed by atoms with Crippen LogP contribution in [0.4, 0.5) is 10.8 Å². The smallest absolute Gasteiger partial charge is 0.226 e. The highest BCUT2D eigenvalue weighted by Crippen LogP contribution is 2.28. The summed E-state index contributed by atoms with van der Waals surface area (Å²) in [7, 11) is 4.03. The van der Waals surface area contributed by atoms with Crippen molar-refractivity contribution in [3.63, 3.8) is 0 Å². The molecule has 0 saturated carbocycles. The first kappa shape index (κ1) is 18.4. The summed E-state index contributed by atoms with van der Waals surface area (Å²) in [6, 6.07) is 8.28. The predicted molar refractivity (Wildman–Crippen MR) is 101 cm³/mol. The van der Waals surface area contributed by atoms with Crippen molar-refractivity contribution in [2.75, 3.05) is 24.3 Å². The fourth-order valence-corrected chi connectivity index (χ4v) is 3.51. The van der Waals surface area contributed by atoms with Crippen molar-refractivity contribution in [1.29, 1.82) is 0 Å². The van der Waals surface area contributed by atoms with Crippen LogP contribution in [0.25, 0.3) is 0 Å². The Balaban J connectivity index is 1.85. The number of nitrogens with one attached hydrogen (secondary N) is 1. The molecule has 0 saturated heterocycles. The van der Waals surface area contributed by atoms with E-state index in [1.165, 1.54) is 11.3 Å². The zero-order valence-electron chi connectivity index (χ0n) is 14.9. The van der Waals surface area contributed by atoms with Gasteiger partial charge in [-0.15, -0.1) is 10.2 Å². The molecule has 2 aromatic rings. The lowest BCUT2D eigenvalue weighted by Gasteiger charge is -2.12. The van der Waals surface area contributed by atoms with Crippen molar-refractivity contribution in [1.82, 2.24) is 10.2 Å². The first-order chi connectivity index (χ1) is 11.5. The average Bonchev–Trinajstić information content (AvgIpc) is 3.02. The lowest BCUT2D eigenvalue weighted by atomic mass is 10.1. The van der Waals surface area contributed by atoms with E-state index in [0.717, 1.165) is 35.5 Å². The maximum atomic E-state index is 12.1. The normalized spacial score (nSPS) is 10.9. The molecule has 5 nitrogen and oxygen atoms in total. The fraction of sp³-hybridized carbons (Fsp3) is 0.500. The summed E-state index contributed by atoms with van der Waals surface area (Å²) in [5.41, 5.74) is 2.32. The van der Waals surface area contributed by atoms with Crippen LogP contribution in [0.2, 0.25) is 0 Å². The van der Waals surface area contributed by atoms with E-state index in [0.29, 0.717) is 17.5 Å². The highest BCUT2D eigenvalue weighted by molar-refractivity contribution is 7.15. The molecule has 0 bridgehead atoms. The molecule has 6 heteroatoms. The Hall–Kier alpha value is -1.95. The van der Waals surface area contributed by atoms with Gasteiger partial charge in [0.15, 0.2) is 0 Å². The Morgan fingerprint density at radius 3 is 2.42 bits per heavy atom. The van der Waals surface area contributed by atoms with Crippen molar-refractivity contribution in [2.45, 2.75) is 45.4 Å². The van der Waals surface area contributed by atoms with E-state index in [1.54, 1.807) is 0 Å². The van der Waals surface area contributed by atoms with Crippen molar-refractivity contribution >= 4 is 28.1 Å². The Morgan fingerprint density at radius 2 is 1.83 bits per heavy atom. The number of carbonyl (C=O) groups is 1. The van der Waals surface area contributed by atoms with E-state index in [9.17, 15) is 4.79 Å². The second-order valence-electron chi connectivity index (χ2n) is 6.07. The van der Waals surface area contributed by atoms with Crippen LogP contribution in [0.15, 0.2) is 24.3 Å². The molecule has 1 amide bonds. The Labute approximate surface area is 148 Å². The third-order valence-corrected chi connectivity index (χ3v) is 5.12. The van der Waals surface area contributed by atoms with Gasteiger partial charge in [-0.25, -0.2) is 0 Å². The van der Waals surface area contributed by atoms with Gasteiger partial charge in [-0.3, -0.25) is 4.79 Å². The van der Waals surface area contributed by atoms with Crippen LogP contribution in [-0.4, -0.2) is 30.2 Å². The van der Waals surface area contributed by atoms with E-state index in [-0.39, 0.29) is 5.91 Å². The van der Waals surface area contributed by atoms with Gasteiger partial charge in [-0.2, -0.15) is 0 Å². The van der Waals surface area contributed by atoms with Gasteiger partial charge in [0.2, 0.25) is 11.0 Å². The Bertz CT molecular complexity index is 647. The third-order valence-electron chi connectivity index (χ3n) is 4.12. The lowest BCUT2D eigenvalue weighted by Crippen LogP contribution is -2.12. The van der Waals surface area contributed by atoms with Gasteiger partial charge in [-0.05, 0) is 37.0 Å². The molecule has 130 valence electrons. The molecule has 0 aliphatic carbocycles. The monoisotopic (exact) mass is 346 g/mol. The van der Waals surface area contributed by atoms with E-state index in [2.05, 4.69) is 58.5 Å². The van der Waals surface area contributed by atoms with Crippen LogP contribution < -0.4 is 10.2 Å². The molecule has 0 atom stereocenters. The molecule has 0 unspecified atom stereocenters. The van der Waals surface area contributed by atoms with Crippen molar-refractivity contribution in [3.05, 3.63) is 34.8 Å². The van der Waals surface area contributed by atoms with Crippen LogP contribution in [0.5, 0.6) is 0 Å². The van der Waals surface area contributed by atoms with E-state index < -0.39 is 0 Å². The van der Waals surface area contributed by atoms with Crippen molar-refractivity contribution in [2.24, 2.45) is 0 Å². The maximum absolute atomic E-state index is 12.1. The molecule has 0 aliphatic heterocycles. The first-order valence-corrected chi connectivity index (χ1v) is 9.24. The molecule has 1 aromatic heterocycles. The summed E-state index contributed by atoms with van der Waals surface area (Å²) < 4.78 is 0. The van der Waals surface area contributed by atoms with Gasteiger partial charge in [0.25, 0.3) is 0 Å². The van der Waals surface area contributed by atoms with Gasteiger partial charge in [-0.1, -0.05) is 37.3 Å². The standard InChI is InChI=1S/C18H26N4OS/c1-5-14(6-2)17-20-21-18(24-17)19-16(23)12-9-13-7-10-15(11-8-13)22(3)4/h7-8,10-11,14H,5-6,9,12H2,1-4H3,(H,19,21,23). The van der Waals surface area contributed by atoms with Crippen molar-refractivity contribution in [3.8, 4) is 0 Å². The molecule has 0 aliphatic rings. The molecule has 1 heterocycles. The van der Waals surface area contributed by atoms with Crippen LogP contribution in [-0.2, 0) is 11.2 Å². The summed E-state index contributed by atoms with van der Waals surface area (Å²) in [6.07, 6.45) is 3.25. The summed E-state index contributed by atoms with van der Waals surface area (Å²) in [5.74, 6) is 0.419. The Kier molecular flexibility index (Phi) is 6.73. The minimum absolute atomic E-state index is 0.0149. The lowest BCUT2D eigenvalue weighted by molar-refractivity contribution is -0.116. The van der Waals surface area contributed by atoms with Gasteiger partial charge in [0, 0.05) is 32.1 Å². The fourth-order valence-electron chi connectivity index (χ4n) is 2.49. The first-order valence-electron chi connectivity index (χ1n) is 8.43. The van der Waals surface area contributed by atoms with Crippen LogP contribution in [0, 0.1) is 0 Å². The van der Waals surface area contributed by atoms with Crippen LogP contribution in [0.3, 0.4) is 0 Å². The molecule has 2 rings (SSSR count). The maximum Gasteiger partial charge on any atom is 0.226 e. The number of amides is 1. The number of hydrogen-bond acceptors (Lipinski definition) is 5. The molecule has 0 radical (unpaired) electrons. The van der Waals surface area contributed by atoms with Gasteiger partial charge in [0.1, 0.15) is 5.01 Å². The third kappa shape index (κ3) is 5.03. The summed E-state index contributed by atoms with van der Waals surface area (Å²) in [4.78, 5) is 14.2. The number of nitrogens with zero attached hydrogens (tertiary/aromatic N) is 3. The number of carbonyl (C=O) groups excluding carboxylic acids is 1. The van der Waals surface area contributed by atoms with E-state index in [1.807, 2.05) is 14.1 Å².